The number of aromatic nitrogens is 2. The average molecular weight is 325 g/mol. The molecule has 0 bridgehead atoms. The fraction of sp³-hybridized carbons (Fsp3) is 0.267. The van der Waals surface area contributed by atoms with E-state index in [-0.39, 0.29) is 6.54 Å². The van der Waals surface area contributed by atoms with Gasteiger partial charge >= 0.3 is 6.18 Å². The van der Waals surface area contributed by atoms with Gasteiger partial charge in [-0.3, -0.25) is 14.6 Å². The molecule has 8 heteroatoms. The number of hydrogen-bond acceptors (Lipinski definition) is 3. The van der Waals surface area contributed by atoms with Gasteiger partial charge in [-0.15, -0.1) is 0 Å². The van der Waals surface area contributed by atoms with Crippen LogP contribution in [-0.4, -0.2) is 15.9 Å². The van der Waals surface area contributed by atoms with E-state index in [0.717, 1.165) is 17.0 Å². The maximum atomic E-state index is 12.6. The summed E-state index contributed by atoms with van der Waals surface area (Å²) in [5.74, 6) is -0.871. The molecule has 0 saturated heterocycles. The van der Waals surface area contributed by atoms with Crippen molar-refractivity contribution in [3.05, 3.63) is 62.8 Å². The van der Waals surface area contributed by atoms with E-state index in [2.05, 4.69) is 10.3 Å². The molecule has 2 N–H and O–H groups in total. The number of amides is 1. The molecular formula is C15H14F3N3O2. The fourth-order valence-electron chi connectivity index (χ4n) is 2.12. The summed E-state index contributed by atoms with van der Waals surface area (Å²) in [6.07, 6.45) is -4.10. The number of rotatable bonds is 3. The van der Waals surface area contributed by atoms with Crippen LogP contribution in [0.5, 0.6) is 0 Å². The van der Waals surface area contributed by atoms with E-state index in [0.29, 0.717) is 12.3 Å². The predicted molar refractivity (Wildman–Crippen MR) is 76.9 cm³/mol. The van der Waals surface area contributed by atoms with Gasteiger partial charge in [-0.1, -0.05) is 0 Å². The lowest BCUT2D eigenvalue weighted by molar-refractivity contribution is -0.137. The summed E-state index contributed by atoms with van der Waals surface area (Å²) in [5.41, 5.74) is -0.290. The van der Waals surface area contributed by atoms with Gasteiger partial charge in [0.05, 0.1) is 5.56 Å². The number of H-pyrrole nitrogens is 1. The zero-order valence-electron chi connectivity index (χ0n) is 12.4. The second kappa shape index (κ2) is 6.23. The van der Waals surface area contributed by atoms with Crippen LogP contribution < -0.4 is 10.9 Å². The van der Waals surface area contributed by atoms with Crippen molar-refractivity contribution in [1.82, 2.24) is 15.3 Å². The maximum Gasteiger partial charge on any atom is 0.417 e. The SMILES string of the molecule is Cc1cc(CNC(=O)c2cc(C(F)(F)F)c[nH]c2=O)cc(C)n1. The van der Waals surface area contributed by atoms with Gasteiger partial charge in [0.15, 0.2) is 0 Å². The predicted octanol–water partition coefficient (Wildman–Crippen LogP) is 2.34. The third kappa shape index (κ3) is 4.18. The zero-order valence-corrected chi connectivity index (χ0v) is 12.4. The number of pyridine rings is 2. The highest BCUT2D eigenvalue weighted by Gasteiger charge is 2.32. The first kappa shape index (κ1) is 16.7. The molecule has 2 heterocycles. The summed E-state index contributed by atoms with van der Waals surface area (Å²) in [4.78, 5) is 29.6. The molecule has 0 saturated carbocycles. The molecule has 0 atom stereocenters. The highest BCUT2D eigenvalue weighted by Crippen LogP contribution is 2.28. The van der Waals surface area contributed by atoms with Crippen LogP contribution in [0, 0.1) is 13.8 Å². The van der Waals surface area contributed by atoms with Crippen LogP contribution in [0.25, 0.3) is 0 Å². The molecule has 5 nitrogen and oxygen atoms in total. The summed E-state index contributed by atoms with van der Waals surface area (Å²) in [6.45, 7) is 3.66. The molecule has 0 radical (unpaired) electrons. The van der Waals surface area contributed by atoms with Gasteiger partial charge < -0.3 is 10.3 Å². The number of aromatic amines is 1. The van der Waals surface area contributed by atoms with Gasteiger partial charge in [0.1, 0.15) is 5.56 Å². The highest BCUT2D eigenvalue weighted by atomic mass is 19.4. The quantitative estimate of drug-likeness (QED) is 0.909. The van der Waals surface area contributed by atoms with Crippen LogP contribution in [0.15, 0.2) is 29.2 Å². The lowest BCUT2D eigenvalue weighted by Crippen LogP contribution is -2.30. The first-order valence-electron chi connectivity index (χ1n) is 6.69. The number of halogens is 3. The van der Waals surface area contributed by atoms with Crippen molar-refractivity contribution in [3.63, 3.8) is 0 Å². The van der Waals surface area contributed by atoms with Gasteiger partial charge in [0.2, 0.25) is 0 Å². The second-order valence-corrected chi connectivity index (χ2v) is 5.07. The van der Waals surface area contributed by atoms with E-state index >= 15 is 0 Å². The molecule has 0 spiro atoms. The Morgan fingerprint density at radius 2 is 1.83 bits per heavy atom. The molecule has 2 aromatic rings. The van der Waals surface area contributed by atoms with Crippen molar-refractivity contribution in [2.24, 2.45) is 0 Å². The normalized spacial score (nSPS) is 11.3. The molecule has 0 unspecified atom stereocenters. The van der Waals surface area contributed by atoms with E-state index in [4.69, 9.17) is 0 Å². The van der Waals surface area contributed by atoms with Crippen LogP contribution in [0.3, 0.4) is 0 Å². The van der Waals surface area contributed by atoms with Gasteiger partial charge in [-0.05, 0) is 37.6 Å². The first-order valence-corrected chi connectivity index (χ1v) is 6.69. The largest absolute Gasteiger partial charge is 0.417 e. The standard InChI is InChI=1S/C15H14F3N3O2/c1-8-3-10(4-9(2)21-8)6-19-13(22)12-5-11(15(16,17)18)7-20-14(12)23/h3-5,7H,6H2,1-2H3,(H,19,22)(H,20,23). The summed E-state index contributed by atoms with van der Waals surface area (Å²) in [6, 6.07) is 4.02. The molecule has 0 aliphatic carbocycles. The van der Waals surface area contributed by atoms with Crippen molar-refractivity contribution >= 4 is 5.91 Å². The lowest BCUT2D eigenvalue weighted by Gasteiger charge is -2.09. The molecule has 2 aromatic heterocycles. The van der Waals surface area contributed by atoms with Gasteiger partial charge in [0.25, 0.3) is 11.5 Å². The summed E-state index contributed by atoms with van der Waals surface area (Å²) in [7, 11) is 0. The topological polar surface area (TPSA) is 74.8 Å². The Balaban J connectivity index is 2.19. The summed E-state index contributed by atoms with van der Waals surface area (Å²) >= 11 is 0. The third-order valence-corrected chi connectivity index (χ3v) is 3.07. The smallest absolute Gasteiger partial charge is 0.348 e. The zero-order chi connectivity index (χ0) is 17.2. The molecule has 2 rings (SSSR count). The van der Waals surface area contributed by atoms with E-state index in [1.54, 1.807) is 26.0 Å². The Bertz CT molecular complexity index is 777. The molecule has 23 heavy (non-hydrogen) atoms. The minimum Gasteiger partial charge on any atom is -0.348 e. The fourth-order valence-corrected chi connectivity index (χ4v) is 2.12. The molecule has 1 amide bonds. The van der Waals surface area contributed by atoms with Crippen LogP contribution in [0.2, 0.25) is 0 Å². The number of hydrogen-bond donors (Lipinski definition) is 2. The number of carbonyl (C=O) groups excluding carboxylic acids is 1. The van der Waals surface area contributed by atoms with Gasteiger partial charge in [-0.2, -0.15) is 13.2 Å². The Morgan fingerprint density at radius 1 is 1.22 bits per heavy atom. The van der Waals surface area contributed by atoms with E-state index in [1.165, 1.54) is 0 Å². The molecule has 0 aliphatic heterocycles. The molecule has 0 fully saturated rings. The summed E-state index contributed by atoms with van der Waals surface area (Å²) < 4.78 is 37.9. The molecule has 0 aromatic carbocycles. The van der Waals surface area contributed by atoms with Crippen molar-refractivity contribution in [2.45, 2.75) is 26.6 Å². The Hall–Kier alpha value is -2.64. The van der Waals surface area contributed by atoms with Crippen LogP contribution in [-0.2, 0) is 12.7 Å². The van der Waals surface area contributed by atoms with Gasteiger partial charge in [0, 0.05) is 24.1 Å². The van der Waals surface area contributed by atoms with E-state index in [9.17, 15) is 22.8 Å². The summed E-state index contributed by atoms with van der Waals surface area (Å²) in [5, 5.41) is 2.44. The lowest BCUT2D eigenvalue weighted by atomic mass is 10.1. The minimum atomic E-state index is -4.64. The van der Waals surface area contributed by atoms with Crippen LogP contribution in [0.4, 0.5) is 13.2 Å². The van der Waals surface area contributed by atoms with E-state index < -0.39 is 28.8 Å². The van der Waals surface area contributed by atoms with Crippen molar-refractivity contribution < 1.29 is 18.0 Å². The molecule has 122 valence electrons. The average Bonchev–Trinajstić information content (AvgIpc) is 2.43. The third-order valence-electron chi connectivity index (χ3n) is 3.07. The maximum absolute atomic E-state index is 12.6. The van der Waals surface area contributed by atoms with E-state index in [1.807, 2.05) is 4.98 Å². The number of alkyl halides is 3. The number of nitrogens with zero attached hydrogens (tertiary/aromatic N) is 1. The first-order chi connectivity index (χ1) is 10.7. The molecule has 0 aliphatic rings. The van der Waals surface area contributed by atoms with Crippen molar-refractivity contribution in [1.29, 1.82) is 0 Å². The van der Waals surface area contributed by atoms with Crippen molar-refractivity contribution in [3.8, 4) is 0 Å². The highest BCUT2D eigenvalue weighted by molar-refractivity contribution is 5.93. The van der Waals surface area contributed by atoms with Crippen LogP contribution in [0.1, 0.15) is 32.9 Å². The number of carbonyl (C=O) groups is 1. The van der Waals surface area contributed by atoms with Crippen molar-refractivity contribution in [2.75, 3.05) is 0 Å². The second-order valence-electron chi connectivity index (χ2n) is 5.07. The minimum absolute atomic E-state index is 0.0821. The Kier molecular flexibility index (Phi) is 4.53. The molecular weight excluding hydrogens is 311 g/mol. The monoisotopic (exact) mass is 325 g/mol. The number of nitrogens with one attached hydrogen (secondary N) is 2. The van der Waals surface area contributed by atoms with Gasteiger partial charge in [-0.25, -0.2) is 0 Å². The Labute approximate surface area is 129 Å². The van der Waals surface area contributed by atoms with Crippen LogP contribution >= 0.6 is 0 Å². The number of aryl methyl sites for hydroxylation is 2. The Morgan fingerprint density at radius 3 is 2.39 bits per heavy atom.